The third-order valence-corrected chi connectivity index (χ3v) is 2.40. The van der Waals surface area contributed by atoms with Gasteiger partial charge in [-0.2, -0.15) is 0 Å². The smallest absolute Gasteiger partial charge is 0.179 e. The van der Waals surface area contributed by atoms with E-state index >= 15 is 0 Å². The number of hydrogen-bond acceptors (Lipinski definition) is 4. The second-order valence-corrected chi connectivity index (χ2v) is 3.56. The first kappa shape index (κ1) is 13.5. The van der Waals surface area contributed by atoms with Gasteiger partial charge in [-0.1, -0.05) is 6.92 Å². The Morgan fingerprint density at radius 3 is 2.44 bits per heavy atom. The molecule has 0 amide bonds. The highest BCUT2D eigenvalue weighted by Gasteiger charge is 2.28. The van der Waals surface area contributed by atoms with Crippen LogP contribution >= 0.6 is 0 Å². The molecular formula is C12H23NO3. The summed E-state index contributed by atoms with van der Waals surface area (Å²) in [6, 6.07) is 0.00685. The molecule has 1 rings (SSSR count). The van der Waals surface area contributed by atoms with Crippen molar-refractivity contribution in [2.45, 2.75) is 39.5 Å². The molecule has 16 heavy (non-hydrogen) atoms. The molecule has 0 bridgehead atoms. The van der Waals surface area contributed by atoms with Gasteiger partial charge < -0.3 is 19.5 Å². The van der Waals surface area contributed by atoms with Crippen molar-refractivity contribution in [3.63, 3.8) is 0 Å². The van der Waals surface area contributed by atoms with Gasteiger partial charge in [0.25, 0.3) is 0 Å². The summed E-state index contributed by atoms with van der Waals surface area (Å²) in [4.78, 5) is 0. The van der Waals surface area contributed by atoms with Gasteiger partial charge in [0.1, 0.15) is 11.8 Å². The Morgan fingerprint density at radius 2 is 2.00 bits per heavy atom. The van der Waals surface area contributed by atoms with Crippen LogP contribution in [0.4, 0.5) is 0 Å². The zero-order valence-corrected chi connectivity index (χ0v) is 10.5. The van der Waals surface area contributed by atoms with Gasteiger partial charge in [-0.05, 0) is 26.5 Å². The molecule has 1 aliphatic heterocycles. The monoisotopic (exact) mass is 229 g/mol. The molecule has 1 atom stereocenters. The summed E-state index contributed by atoms with van der Waals surface area (Å²) in [5.74, 6) is 0.953. The van der Waals surface area contributed by atoms with E-state index in [1.165, 1.54) is 0 Å². The van der Waals surface area contributed by atoms with Crippen LogP contribution in [-0.4, -0.2) is 38.7 Å². The lowest BCUT2D eigenvalue weighted by Gasteiger charge is -2.27. The molecule has 0 saturated heterocycles. The van der Waals surface area contributed by atoms with E-state index in [-0.39, 0.29) is 12.3 Å². The minimum Gasteiger partial charge on any atom is -0.496 e. The van der Waals surface area contributed by atoms with Gasteiger partial charge in [0, 0.05) is 19.6 Å². The van der Waals surface area contributed by atoms with Gasteiger partial charge in [-0.25, -0.2) is 0 Å². The zero-order valence-electron chi connectivity index (χ0n) is 10.5. The first-order valence-electron chi connectivity index (χ1n) is 6.12. The van der Waals surface area contributed by atoms with Gasteiger partial charge in [-0.3, -0.25) is 0 Å². The lowest BCUT2D eigenvalue weighted by atomic mass is 10.2. The van der Waals surface area contributed by atoms with Crippen LogP contribution in [0, 0.1) is 0 Å². The summed E-state index contributed by atoms with van der Waals surface area (Å²) in [5, 5.41) is 3.35. The molecule has 0 radical (unpaired) electrons. The van der Waals surface area contributed by atoms with Gasteiger partial charge >= 0.3 is 0 Å². The second kappa shape index (κ2) is 7.65. The molecule has 1 N–H and O–H groups in total. The maximum Gasteiger partial charge on any atom is 0.179 e. The molecule has 1 aliphatic rings. The molecule has 0 fully saturated rings. The van der Waals surface area contributed by atoms with E-state index in [1.807, 2.05) is 13.8 Å². The maximum absolute atomic E-state index is 5.60. The van der Waals surface area contributed by atoms with Crippen LogP contribution in [0.25, 0.3) is 0 Å². The van der Waals surface area contributed by atoms with Crippen molar-refractivity contribution in [1.29, 1.82) is 0 Å². The Morgan fingerprint density at radius 1 is 1.31 bits per heavy atom. The van der Waals surface area contributed by atoms with Gasteiger partial charge in [-0.15, -0.1) is 0 Å². The van der Waals surface area contributed by atoms with E-state index in [2.05, 4.69) is 18.3 Å². The number of likely N-dealkylation sites (N-methyl/N-ethyl adjacent to an activating group) is 1. The van der Waals surface area contributed by atoms with Crippen molar-refractivity contribution in [2.75, 3.05) is 26.4 Å². The van der Waals surface area contributed by atoms with Gasteiger partial charge in [0.15, 0.2) is 6.29 Å². The normalized spacial score (nSPS) is 17.4. The van der Waals surface area contributed by atoms with Crippen molar-refractivity contribution in [2.24, 2.45) is 0 Å². The minimum atomic E-state index is -0.265. The highest BCUT2D eigenvalue weighted by atomic mass is 16.7. The highest BCUT2D eigenvalue weighted by molar-refractivity contribution is 5.08. The van der Waals surface area contributed by atoms with Crippen LogP contribution < -0.4 is 5.32 Å². The van der Waals surface area contributed by atoms with Crippen LogP contribution in [0.15, 0.2) is 11.8 Å². The SMILES string of the molecule is CCNC(C1=CCCO1)C(OCC)OCC. The third-order valence-electron chi connectivity index (χ3n) is 2.40. The topological polar surface area (TPSA) is 39.7 Å². The fourth-order valence-electron chi connectivity index (χ4n) is 1.77. The summed E-state index contributed by atoms with van der Waals surface area (Å²) in [6.07, 6.45) is 2.82. The second-order valence-electron chi connectivity index (χ2n) is 3.56. The van der Waals surface area contributed by atoms with Crippen LogP contribution in [0.5, 0.6) is 0 Å². The molecule has 1 heterocycles. The van der Waals surface area contributed by atoms with Crippen molar-refractivity contribution in [1.82, 2.24) is 5.32 Å². The molecule has 0 aromatic carbocycles. The van der Waals surface area contributed by atoms with Crippen molar-refractivity contribution >= 4 is 0 Å². The average molecular weight is 229 g/mol. The molecule has 0 aliphatic carbocycles. The molecular weight excluding hydrogens is 206 g/mol. The summed E-state index contributed by atoms with van der Waals surface area (Å²) in [7, 11) is 0. The van der Waals surface area contributed by atoms with Crippen LogP contribution in [0.1, 0.15) is 27.2 Å². The Balaban J connectivity index is 2.63. The first-order chi connectivity index (χ1) is 7.83. The molecule has 0 saturated carbocycles. The van der Waals surface area contributed by atoms with Crippen molar-refractivity contribution < 1.29 is 14.2 Å². The summed E-state index contributed by atoms with van der Waals surface area (Å²) in [5.41, 5.74) is 0. The Labute approximate surface area is 97.9 Å². The van der Waals surface area contributed by atoms with E-state index in [0.717, 1.165) is 25.3 Å². The fraction of sp³-hybridized carbons (Fsp3) is 0.833. The van der Waals surface area contributed by atoms with Gasteiger partial charge in [0.2, 0.25) is 0 Å². The highest BCUT2D eigenvalue weighted by Crippen LogP contribution is 2.18. The maximum atomic E-state index is 5.60. The Hall–Kier alpha value is -0.580. The Bertz CT molecular complexity index is 212. The minimum absolute atomic E-state index is 0.00685. The van der Waals surface area contributed by atoms with E-state index in [1.54, 1.807) is 0 Å². The third kappa shape index (κ3) is 3.77. The molecule has 4 heteroatoms. The predicted molar refractivity (Wildman–Crippen MR) is 63.2 cm³/mol. The molecule has 4 nitrogen and oxygen atoms in total. The average Bonchev–Trinajstić information content (AvgIpc) is 2.79. The van der Waals surface area contributed by atoms with E-state index in [9.17, 15) is 0 Å². The van der Waals surface area contributed by atoms with Crippen LogP contribution in [0.3, 0.4) is 0 Å². The Kier molecular flexibility index (Phi) is 6.45. The van der Waals surface area contributed by atoms with E-state index in [4.69, 9.17) is 14.2 Å². The lowest BCUT2D eigenvalue weighted by molar-refractivity contribution is -0.152. The number of hydrogen-bond donors (Lipinski definition) is 1. The van der Waals surface area contributed by atoms with E-state index < -0.39 is 0 Å². The zero-order chi connectivity index (χ0) is 11.8. The van der Waals surface area contributed by atoms with Gasteiger partial charge in [0.05, 0.1) is 6.61 Å². The summed E-state index contributed by atoms with van der Waals surface area (Å²) in [6.45, 7) is 8.92. The van der Waals surface area contributed by atoms with Crippen molar-refractivity contribution in [3.05, 3.63) is 11.8 Å². The number of rotatable bonds is 8. The van der Waals surface area contributed by atoms with E-state index in [0.29, 0.717) is 13.2 Å². The largest absolute Gasteiger partial charge is 0.496 e. The molecule has 0 aromatic rings. The summed E-state index contributed by atoms with van der Waals surface area (Å²) < 4.78 is 16.8. The molecule has 0 aromatic heterocycles. The first-order valence-corrected chi connectivity index (χ1v) is 6.12. The number of nitrogens with one attached hydrogen (secondary N) is 1. The lowest BCUT2D eigenvalue weighted by Crippen LogP contribution is -2.44. The quantitative estimate of drug-likeness (QED) is 0.643. The van der Waals surface area contributed by atoms with Crippen LogP contribution in [0.2, 0.25) is 0 Å². The van der Waals surface area contributed by atoms with Crippen LogP contribution in [-0.2, 0) is 14.2 Å². The number of ether oxygens (including phenoxy) is 3. The standard InChI is InChI=1S/C12H23NO3/c1-4-13-11(10-8-7-9-16-10)12(14-5-2)15-6-3/h8,11-13H,4-7,9H2,1-3H3. The summed E-state index contributed by atoms with van der Waals surface area (Å²) >= 11 is 0. The molecule has 94 valence electrons. The van der Waals surface area contributed by atoms with Crippen molar-refractivity contribution in [3.8, 4) is 0 Å². The fourth-order valence-corrected chi connectivity index (χ4v) is 1.77. The predicted octanol–water partition coefficient (Wildman–Crippen LogP) is 1.67. The molecule has 1 unspecified atom stereocenters. The molecule has 0 spiro atoms.